The Balaban J connectivity index is 1.36. The van der Waals surface area contributed by atoms with E-state index in [4.69, 9.17) is 0 Å². The molecule has 31 heavy (non-hydrogen) atoms. The van der Waals surface area contributed by atoms with Gasteiger partial charge in [0.1, 0.15) is 0 Å². The molecule has 3 aliphatic rings. The first-order valence-corrected chi connectivity index (χ1v) is 13.2. The summed E-state index contributed by atoms with van der Waals surface area (Å²) in [7, 11) is -3.51. The van der Waals surface area contributed by atoms with E-state index in [-0.39, 0.29) is 17.0 Å². The monoisotopic (exact) mass is 449 g/mol. The number of carbonyl (C=O) groups is 1. The number of urea groups is 1. The molecule has 1 unspecified atom stereocenters. The summed E-state index contributed by atoms with van der Waals surface area (Å²) in [5.41, 5.74) is -0.0748. The van der Waals surface area contributed by atoms with Gasteiger partial charge in [-0.05, 0) is 81.5 Å². The van der Waals surface area contributed by atoms with E-state index in [1.807, 2.05) is 4.90 Å². The van der Waals surface area contributed by atoms with Crippen LogP contribution in [0.25, 0.3) is 0 Å². The Morgan fingerprint density at radius 1 is 1.03 bits per heavy atom. The smallest absolute Gasteiger partial charge is 0.322 e. The molecule has 3 N–H and O–H groups in total. The zero-order chi connectivity index (χ0) is 21.9. The van der Waals surface area contributed by atoms with Gasteiger partial charge in [0.05, 0.1) is 10.5 Å². The standard InChI is InChI=1S/C23H35N3O4S/c27-22(26-15-5-2-6-20(26)16-23(28)13-3-1-4-14-23)25-19-9-11-21(12-10-19)31(29,30)24-17-18-7-8-18/h9-12,18,20,24,28H,1-8,13-17H2,(H,25,27). The number of likely N-dealkylation sites (tertiary alicyclic amines) is 1. The molecule has 2 amide bonds. The van der Waals surface area contributed by atoms with E-state index in [0.717, 1.165) is 57.8 Å². The Kier molecular flexibility index (Phi) is 6.89. The molecule has 172 valence electrons. The molecular formula is C23H35N3O4S. The SMILES string of the molecule is O=C(Nc1ccc(S(=O)(=O)NCC2CC2)cc1)N1CCCCC1CC1(O)CCCCC1. The fourth-order valence-electron chi connectivity index (χ4n) is 4.88. The summed E-state index contributed by atoms with van der Waals surface area (Å²) in [5, 5.41) is 13.9. The van der Waals surface area contributed by atoms with Gasteiger partial charge in [-0.3, -0.25) is 0 Å². The van der Waals surface area contributed by atoms with Crippen LogP contribution in [0.15, 0.2) is 29.2 Å². The molecule has 0 spiro atoms. The zero-order valence-corrected chi connectivity index (χ0v) is 19.0. The van der Waals surface area contributed by atoms with E-state index < -0.39 is 15.6 Å². The molecule has 1 aliphatic heterocycles. The van der Waals surface area contributed by atoms with E-state index in [0.29, 0.717) is 31.1 Å². The number of nitrogens with one attached hydrogen (secondary N) is 2. The minimum absolute atomic E-state index is 0.0446. The van der Waals surface area contributed by atoms with Gasteiger partial charge in [0.25, 0.3) is 0 Å². The van der Waals surface area contributed by atoms with Crippen molar-refractivity contribution >= 4 is 21.7 Å². The molecule has 1 aromatic rings. The highest BCUT2D eigenvalue weighted by molar-refractivity contribution is 7.89. The second-order valence-electron chi connectivity index (χ2n) is 9.58. The Labute approximate surface area is 185 Å². The molecule has 7 nitrogen and oxygen atoms in total. The summed E-state index contributed by atoms with van der Waals surface area (Å²) >= 11 is 0. The summed E-state index contributed by atoms with van der Waals surface area (Å²) in [6.45, 7) is 1.17. The van der Waals surface area contributed by atoms with Crippen LogP contribution in [-0.2, 0) is 10.0 Å². The fourth-order valence-corrected chi connectivity index (χ4v) is 5.99. The van der Waals surface area contributed by atoms with Crippen LogP contribution in [0, 0.1) is 5.92 Å². The molecule has 8 heteroatoms. The number of hydrogen-bond donors (Lipinski definition) is 3. The molecule has 2 aliphatic carbocycles. The van der Waals surface area contributed by atoms with Gasteiger partial charge in [0.15, 0.2) is 0 Å². The van der Waals surface area contributed by atoms with Crippen molar-refractivity contribution in [2.75, 3.05) is 18.4 Å². The highest BCUT2D eigenvalue weighted by atomic mass is 32.2. The average molecular weight is 450 g/mol. The number of rotatable bonds is 7. The molecule has 0 bridgehead atoms. The molecule has 3 fully saturated rings. The highest BCUT2D eigenvalue weighted by Crippen LogP contribution is 2.35. The van der Waals surface area contributed by atoms with Crippen LogP contribution in [0.2, 0.25) is 0 Å². The van der Waals surface area contributed by atoms with E-state index in [1.54, 1.807) is 12.1 Å². The maximum atomic E-state index is 13.0. The first kappa shape index (κ1) is 22.6. The van der Waals surface area contributed by atoms with Crippen molar-refractivity contribution < 1.29 is 18.3 Å². The van der Waals surface area contributed by atoms with Crippen molar-refractivity contribution in [2.24, 2.45) is 5.92 Å². The van der Waals surface area contributed by atoms with Crippen molar-refractivity contribution in [2.45, 2.75) is 87.2 Å². The Morgan fingerprint density at radius 2 is 1.74 bits per heavy atom. The van der Waals surface area contributed by atoms with Gasteiger partial charge in [0, 0.05) is 24.8 Å². The number of piperidine rings is 1. The van der Waals surface area contributed by atoms with Crippen molar-refractivity contribution in [3.05, 3.63) is 24.3 Å². The van der Waals surface area contributed by atoms with Gasteiger partial charge in [-0.15, -0.1) is 0 Å². The lowest BCUT2D eigenvalue weighted by Gasteiger charge is -2.41. The van der Waals surface area contributed by atoms with Crippen LogP contribution in [0.4, 0.5) is 10.5 Å². The molecule has 2 saturated carbocycles. The average Bonchev–Trinajstić information content (AvgIpc) is 3.58. The number of carbonyl (C=O) groups excluding carboxylic acids is 1. The largest absolute Gasteiger partial charge is 0.390 e. The minimum atomic E-state index is -3.51. The summed E-state index contributed by atoms with van der Waals surface area (Å²) in [6.07, 6.45) is 10.7. The van der Waals surface area contributed by atoms with Gasteiger partial charge in [-0.1, -0.05) is 19.3 Å². The van der Waals surface area contributed by atoms with Crippen LogP contribution < -0.4 is 10.0 Å². The topological polar surface area (TPSA) is 98.7 Å². The number of aliphatic hydroxyl groups is 1. The lowest BCUT2D eigenvalue weighted by Crippen LogP contribution is -2.50. The Hall–Kier alpha value is -1.64. The predicted octanol–water partition coefficient (Wildman–Crippen LogP) is 3.85. The number of benzene rings is 1. The molecule has 0 aromatic heterocycles. The third kappa shape index (κ3) is 5.99. The van der Waals surface area contributed by atoms with Crippen LogP contribution in [0.5, 0.6) is 0 Å². The maximum absolute atomic E-state index is 13.0. The molecule has 1 saturated heterocycles. The van der Waals surface area contributed by atoms with E-state index in [1.165, 1.54) is 18.6 Å². The quantitative estimate of drug-likeness (QED) is 0.589. The molecule has 1 heterocycles. The number of sulfonamides is 1. The summed E-state index contributed by atoms with van der Waals surface area (Å²) in [4.78, 5) is 15.1. The van der Waals surface area contributed by atoms with Gasteiger partial charge in [0.2, 0.25) is 10.0 Å². The van der Waals surface area contributed by atoms with E-state index in [9.17, 15) is 18.3 Å². The highest BCUT2D eigenvalue weighted by Gasteiger charge is 2.36. The Bertz CT molecular complexity index is 861. The second-order valence-corrected chi connectivity index (χ2v) is 11.3. The van der Waals surface area contributed by atoms with Gasteiger partial charge in [-0.25, -0.2) is 17.9 Å². The maximum Gasteiger partial charge on any atom is 0.322 e. The third-order valence-electron chi connectivity index (χ3n) is 6.96. The van der Waals surface area contributed by atoms with Gasteiger partial charge < -0.3 is 15.3 Å². The summed E-state index contributed by atoms with van der Waals surface area (Å²) in [6, 6.07) is 6.20. The van der Waals surface area contributed by atoms with Gasteiger partial charge in [-0.2, -0.15) is 0 Å². The zero-order valence-electron chi connectivity index (χ0n) is 18.2. The minimum Gasteiger partial charge on any atom is -0.390 e. The van der Waals surface area contributed by atoms with Crippen molar-refractivity contribution in [1.29, 1.82) is 0 Å². The van der Waals surface area contributed by atoms with E-state index >= 15 is 0 Å². The number of anilines is 1. The molecular weight excluding hydrogens is 414 g/mol. The first-order valence-electron chi connectivity index (χ1n) is 11.7. The van der Waals surface area contributed by atoms with Crippen LogP contribution in [-0.4, -0.2) is 49.2 Å². The van der Waals surface area contributed by atoms with Crippen molar-refractivity contribution in [3.8, 4) is 0 Å². The Morgan fingerprint density at radius 3 is 2.42 bits per heavy atom. The second kappa shape index (κ2) is 9.46. The number of nitrogens with zero attached hydrogens (tertiary/aromatic N) is 1. The first-order chi connectivity index (χ1) is 14.8. The van der Waals surface area contributed by atoms with Crippen LogP contribution in [0.1, 0.15) is 70.6 Å². The molecule has 1 atom stereocenters. The molecule has 4 rings (SSSR count). The fraction of sp³-hybridized carbons (Fsp3) is 0.696. The molecule has 1 aromatic carbocycles. The van der Waals surface area contributed by atoms with Crippen LogP contribution in [0.3, 0.4) is 0 Å². The van der Waals surface area contributed by atoms with Crippen molar-refractivity contribution in [3.63, 3.8) is 0 Å². The lowest BCUT2D eigenvalue weighted by molar-refractivity contribution is -0.0264. The van der Waals surface area contributed by atoms with E-state index in [2.05, 4.69) is 10.0 Å². The number of hydrogen-bond acceptors (Lipinski definition) is 4. The van der Waals surface area contributed by atoms with Crippen LogP contribution >= 0.6 is 0 Å². The lowest BCUT2D eigenvalue weighted by atomic mass is 9.79. The normalized spacial score (nSPS) is 24.0. The van der Waals surface area contributed by atoms with Crippen molar-refractivity contribution in [1.82, 2.24) is 9.62 Å². The molecule has 0 radical (unpaired) electrons. The predicted molar refractivity (Wildman–Crippen MR) is 120 cm³/mol. The summed E-state index contributed by atoms with van der Waals surface area (Å²) in [5.74, 6) is 0.470. The third-order valence-corrected chi connectivity index (χ3v) is 8.40. The number of amides is 2. The summed E-state index contributed by atoms with van der Waals surface area (Å²) < 4.78 is 27.4. The van der Waals surface area contributed by atoms with Gasteiger partial charge >= 0.3 is 6.03 Å².